The van der Waals surface area contributed by atoms with E-state index in [0.717, 1.165) is 12.1 Å². The van der Waals surface area contributed by atoms with Gasteiger partial charge < -0.3 is 25.7 Å². The quantitative estimate of drug-likeness (QED) is 0.514. The highest BCUT2D eigenvalue weighted by molar-refractivity contribution is 9.10. The molecule has 0 atom stereocenters. The maximum Gasteiger partial charge on any atom is 0.336 e. The van der Waals surface area contributed by atoms with Crippen molar-refractivity contribution in [1.82, 2.24) is 0 Å². The molecule has 1 aromatic carbocycles. The summed E-state index contributed by atoms with van der Waals surface area (Å²) in [6.07, 6.45) is 0. The van der Waals surface area contributed by atoms with Gasteiger partial charge in [0.2, 0.25) is 0 Å². The Bertz CT molecular complexity index is 470. The number of carbonyl (C=O) groups is 1. The number of carboxylic acids is 1. The third-order valence-electron chi connectivity index (χ3n) is 2.62. The Balaban J connectivity index is 3.16. The van der Waals surface area contributed by atoms with E-state index >= 15 is 0 Å². The molecule has 1 aromatic rings. The number of anilines is 1. The minimum atomic E-state index is -1.50. The Labute approximate surface area is 116 Å². The van der Waals surface area contributed by atoms with Crippen LogP contribution in [0.2, 0.25) is 0 Å². The Morgan fingerprint density at radius 2 is 1.79 bits per heavy atom. The average Bonchev–Trinajstić information content (AvgIpc) is 2.40. The van der Waals surface area contributed by atoms with Crippen molar-refractivity contribution in [2.75, 3.05) is 25.1 Å². The molecule has 0 fully saturated rings. The van der Waals surface area contributed by atoms with E-state index in [0.29, 0.717) is 0 Å². The molecular formula is C11H13BrFNO5. The largest absolute Gasteiger partial charge is 0.478 e. The van der Waals surface area contributed by atoms with Crippen LogP contribution in [0, 0.1) is 5.82 Å². The van der Waals surface area contributed by atoms with Crippen LogP contribution >= 0.6 is 15.9 Å². The van der Waals surface area contributed by atoms with Gasteiger partial charge in [0, 0.05) is 0 Å². The number of benzene rings is 1. The highest BCUT2D eigenvalue weighted by atomic mass is 79.9. The third-order valence-corrected chi connectivity index (χ3v) is 3.40. The molecule has 0 spiro atoms. The van der Waals surface area contributed by atoms with Crippen LogP contribution in [0.1, 0.15) is 10.4 Å². The van der Waals surface area contributed by atoms with Crippen LogP contribution in [-0.4, -0.2) is 51.8 Å². The van der Waals surface area contributed by atoms with Crippen molar-refractivity contribution in [3.8, 4) is 0 Å². The zero-order chi connectivity index (χ0) is 14.6. The molecule has 106 valence electrons. The van der Waals surface area contributed by atoms with Crippen molar-refractivity contribution in [2.24, 2.45) is 0 Å². The molecule has 0 saturated carbocycles. The summed E-state index contributed by atoms with van der Waals surface area (Å²) in [5.74, 6) is -2.19. The fourth-order valence-electron chi connectivity index (χ4n) is 1.37. The number of aromatic carboxylic acids is 1. The van der Waals surface area contributed by atoms with E-state index in [-0.39, 0.29) is 15.7 Å². The molecular weight excluding hydrogens is 325 g/mol. The lowest BCUT2D eigenvalue weighted by Gasteiger charge is -2.30. The fourth-order valence-corrected chi connectivity index (χ4v) is 1.88. The Hall–Kier alpha value is -1.22. The molecule has 0 aliphatic rings. The van der Waals surface area contributed by atoms with E-state index in [1.165, 1.54) is 0 Å². The normalized spacial score (nSPS) is 11.4. The lowest BCUT2D eigenvalue weighted by molar-refractivity contribution is 0.0694. The molecule has 0 unspecified atom stereocenters. The third kappa shape index (κ3) is 3.21. The summed E-state index contributed by atoms with van der Waals surface area (Å²) < 4.78 is 13.7. The predicted molar refractivity (Wildman–Crippen MR) is 68.7 cm³/mol. The number of aliphatic hydroxyl groups is 3. The first-order chi connectivity index (χ1) is 8.90. The summed E-state index contributed by atoms with van der Waals surface area (Å²) in [6, 6.07) is 2.31. The fraction of sp³-hybridized carbons (Fsp3) is 0.364. The summed E-state index contributed by atoms with van der Waals surface area (Å²) in [5, 5.41) is 38.7. The van der Waals surface area contributed by atoms with E-state index in [1.54, 1.807) is 0 Å². The number of hydrogen-bond acceptors (Lipinski definition) is 5. The van der Waals surface area contributed by atoms with E-state index in [2.05, 4.69) is 21.2 Å². The van der Waals surface area contributed by atoms with Crippen molar-refractivity contribution in [2.45, 2.75) is 5.54 Å². The van der Waals surface area contributed by atoms with Crippen molar-refractivity contribution >= 4 is 27.6 Å². The monoisotopic (exact) mass is 337 g/mol. The maximum absolute atomic E-state index is 13.9. The zero-order valence-electron chi connectivity index (χ0n) is 9.73. The van der Waals surface area contributed by atoms with Crippen LogP contribution < -0.4 is 5.32 Å². The van der Waals surface area contributed by atoms with Gasteiger partial charge >= 0.3 is 5.97 Å². The average molecular weight is 338 g/mol. The Morgan fingerprint density at radius 1 is 1.26 bits per heavy atom. The molecule has 0 radical (unpaired) electrons. The second kappa shape index (κ2) is 6.29. The molecule has 6 nitrogen and oxygen atoms in total. The SMILES string of the molecule is O=C(O)c1ccc(NC(CO)(CO)CO)c(F)c1Br. The van der Waals surface area contributed by atoms with Crippen LogP contribution in [-0.2, 0) is 0 Å². The van der Waals surface area contributed by atoms with Crippen LogP contribution in [0.3, 0.4) is 0 Å². The lowest BCUT2D eigenvalue weighted by atomic mass is 10.0. The van der Waals surface area contributed by atoms with Gasteiger partial charge in [-0.05, 0) is 28.1 Å². The highest BCUT2D eigenvalue weighted by Crippen LogP contribution is 2.28. The molecule has 0 heterocycles. The van der Waals surface area contributed by atoms with Gasteiger partial charge in [0.25, 0.3) is 0 Å². The van der Waals surface area contributed by atoms with Crippen LogP contribution in [0.4, 0.5) is 10.1 Å². The van der Waals surface area contributed by atoms with Gasteiger partial charge in [-0.3, -0.25) is 0 Å². The van der Waals surface area contributed by atoms with E-state index in [1.807, 2.05) is 0 Å². The summed E-state index contributed by atoms with van der Waals surface area (Å²) in [6.45, 7) is -1.88. The number of aliphatic hydroxyl groups excluding tert-OH is 3. The molecule has 1 rings (SSSR count). The van der Waals surface area contributed by atoms with E-state index in [9.17, 15) is 9.18 Å². The standard InChI is InChI=1S/C11H13BrFNO5/c12-8-6(10(18)19)1-2-7(9(8)13)14-11(3-15,4-16)5-17/h1-2,14-17H,3-5H2,(H,18,19). The summed E-state index contributed by atoms with van der Waals surface area (Å²) in [7, 11) is 0. The number of halogens is 2. The van der Waals surface area contributed by atoms with E-state index < -0.39 is 37.1 Å². The van der Waals surface area contributed by atoms with Gasteiger partial charge in [-0.1, -0.05) is 0 Å². The van der Waals surface area contributed by atoms with E-state index in [4.69, 9.17) is 20.4 Å². The van der Waals surface area contributed by atoms with Crippen LogP contribution in [0.5, 0.6) is 0 Å². The van der Waals surface area contributed by atoms with Gasteiger partial charge in [-0.15, -0.1) is 0 Å². The molecule has 0 aromatic heterocycles. The minimum Gasteiger partial charge on any atom is -0.478 e. The number of rotatable bonds is 6. The van der Waals surface area contributed by atoms with Crippen LogP contribution in [0.15, 0.2) is 16.6 Å². The topological polar surface area (TPSA) is 110 Å². The molecule has 19 heavy (non-hydrogen) atoms. The Morgan fingerprint density at radius 3 is 2.21 bits per heavy atom. The van der Waals surface area contributed by atoms with Gasteiger partial charge in [0.15, 0.2) is 5.82 Å². The first kappa shape index (κ1) is 15.8. The predicted octanol–water partition coefficient (Wildman–Crippen LogP) is 0.414. The second-order valence-electron chi connectivity index (χ2n) is 3.97. The summed E-state index contributed by atoms with van der Waals surface area (Å²) >= 11 is 2.82. The second-order valence-corrected chi connectivity index (χ2v) is 4.77. The smallest absolute Gasteiger partial charge is 0.336 e. The van der Waals surface area contributed by atoms with Crippen molar-refractivity contribution in [3.05, 3.63) is 28.0 Å². The lowest BCUT2D eigenvalue weighted by Crippen LogP contribution is -2.49. The van der Waals surface area contributed by atoms with Gasteiger partial charge in [-0.2, -0.15) is 0 Å². The Kier molecular flexibility index (Phi) is 5.24. The summed E-state index contributed by atoms with van der Waals surface area (Å²) in [4.78, 5) is 10.8. The number of carboxylic acid groups (broad SMARTS) is 1. The molecule has 0 saturated heterocycles. The molecule has 0 aliphatic carbocycles. The van der Waals surface area contributed by atoms with Gasteiger partial charge in [0.05, 0.1) is 35.5 Å². The highest BCUT2D eigenvalue weighted by Gasteiger charge is 2.29. The molecule has 0 aliphatic heterocycles. The minimum absolute atomic E-state index is 0.144. The van der Waals surface area contributed by atoms with Crippen molar-refractivity contribution in [1.29, 1.82) is 0 Å². The van der Waals surface area contributed by atoms with Gasteiger partial charge in [0.1, 0.15) is 5.54 Å². The summed E-state index contributed by atoms with van der Waals surface area (Å²) in [5.41, 5.74) is -1.90. The molecule has 8 heteroatoms. The van der Waals surface area contributed by atoms with Crippen molar-refractivity contribution in [3.63, 3.8) is 0 Å². The van der Waals surface area contributed by atoms with Gasteiger partial charge in [-0.25, -0.2) is 9.18 Å². The molecule has 5 N–H and O–H groups in total. The van der Waals surface area contributed by atoms with Crippen molar-refractivity contribution < 1.29 is 29.6 Å². The number of nitrogens with one attached hydrogen (secondary N) is 1. The first-order valence-corrected chi connectivity index (χ1v) is 6.02. The van der Waals surface area contributed by atoms with Crippen LogP contribution in [0.25, 0.3) is 0 Å². The molecule has 0 bridgehead atoms. The maximum atomic E-state index is 13.9. The number of hydrogen-bond donors (Lipinski definition) is 5. The first-order valence-electron chi connectivity index (χ1n) is 5.23. The molecule has 0 amide bonds. The zero-order valence-corrected chi connectivity index (χ0v) is 11.3.